The monoisotopic (exact) mass is 401 g/mol. The van der Waals surface area contributed by atoms with Crippen LogP contribution in [0, 0.1) is 0 Å². The molecule has 0 radical (unpaired) electrons. The molecule has 0 aliphatic carbocycles. The average molecular weight is 403 g/mol. The molecule has 0 unspecified atom stereocenters. The lowest BCUT2D eigenvalue weighted by Gasteiger charge is -2.12. The molecule has 0 fully saturated rings. The summed E-state index contributed by atoms with van der Waals surface area (Å²) in [5.41, 5.74) is 0.191. The maximum Gasteiger partial charge on any atom is 0.337 e. The van der Waals surface area contributed by atoms with Crippen LogP contribution < -0.4 is 10.3 Å². The quantitative estimate of drug-likeness (QED) is 0.856. The van der Waals surface area contributed by atoms with Crippen LogP contribution in [0.25, 0.3) is 5.69 Å². The van der Waals surface area contributed by atoms with Crippen molar-refractivity contribution in [2.45, 2.75) is 0 Å². The number of hydrogen-bond acceptors (Lipinski definition) is 3. The molecule has 1 aromatic heterocycles. The number of aromatic carboxylic acids is 1. The number of hydrogen-bond donors (Lipinski definition) is 1. The molecule has 0 saturated heterocycles. The molecule has 0 amide bonds. The minimum atomic E-state index is -1.10. The molecule has 0 aliphatic rings. The van der Waals surface area contributed by atoms with Crippen LogP contribution in [0.5, 0.6) is 5.75 Å². The highest BCUT2D eigenvalue weighted by atomic mass is 79.9. The van der Waals surface area contributed by atoms with Crippen molar-refractivity contribution in [3.63, 3.8) is 0 Å². The predicted octanol–water partition coefficient (Wildman–Crippen LogP) is 3.07. The summed E-state index contributed by atoms with van der Waals surface area (Å²) in [6.45, 7) is 0. The van der Waals surface area contributed by atoms with Gasteiger partial charge in [0.1, 0.15) is 5.75 Å². The fourth-order valence-corrected chi connectivity index (χ4v) is 3.01. The first kappa shape index (κ1) is 14.8. The third-order valence-electron chi connectivity index (χ3n) is 2.64. The van der Waals surface area contributed by atoms with Gasteiger partial charge in [0.05, 0.1) is 22.8 Å². The average Bonchev–Trinajstić information content (AvgIpc) is 2.40. The van der Waals surface area contributed by atoms with E-state index in [1.807, 2.05) is 0 Å². The Bertz CT molecular complexity index is 740. The number of benzene rings is 1. The summed E-state index contributed by atoms with van der Waals surface area (Å²) in [6.07, 6.45) is 1.28. The van der Waals surface area contributed by atoms with E-state index in [-0.39, 0.29) is 11.1 Å². The molecule has 0 saturated carbocycles. The molecule has 5 nitrogen and oxygen atoms in total. The number of nitrogens with zero attached hydrogens (tertiary/aromatic N) is 1. The third-order valence-corrected chi connectivity index (χ3v) is 3.89. The van der Waals surface area contributed by atoms with Crippen LogP contribution >= 0.6 is 31.9 Å². The van der Waals surface area contributed by atoms with Crippen LogP contribution in [-0.2, 0) is 0 Å². The normalized spacial score (nSPS) is 10.3. The molecule has 0 atom stereocenters. The molecule has 0 aliphatic heterocycles. The Morgan fingerprint density at radius 1 is 1.25 bits per heavy atom. The van der Waals surface area contributed by atoms with Crippen molar-refractivity contribution in [1.82, 2.24) is 4.57 Å². The van der Waals surface area contributed by atoms with Gasteiger partial charge in [0, 0.05) is 22.8 Å². The lowest BCUT2D eigenvalue weighted by molar-refractivity contribution is 0.0696. The molecular weight excluding hydrogens is 394 g/mol. The largest absolute Gasteiger partial charge is 0.495 e. The highest BCUT2D eigenvalue weighted by Gasteiger charge is 2.12. The Hall–Kier alpha value is -1.60. The highest BCUT2D eigenvalue weighted by Crippen LogP contribution is 2.33. The van der Waals surface area contributed by atoms with E-state index in [1.165, 1.54) is 30.0 Å². The van der Waals surface area contributed by atoms with E-state index >= 15 is 0 Å². The predicted molar refractivity (Wildman–Crippen MR) is 81.0 cm³/mol. The first-order chi connectivity index (χ1) is 9.43. The van der Waals surface area contributed by atoms with Crippen molar-refractivity contribution >= 4 is 37.8 Å². The number of halogens is 2. The fourth-order valence-electron chi connectivity index (χ4n) is 1.66. The lowest BCUT2D eigenvalue weighted by atomic mass is 10.2. The second kappa shape index (κ2) is 5.80. The zero-order chi connectivity index (χ0) is 14.9. The van der Waals surface area contributed by atoms with E-state index in [0.29, 0.717) is 15.9 Å². The van der Waals surface area contributed by atoms with Gasteiger partial charge < -0.3 is 9.84 Å². The van der Waals surface area contributed by atoms with E-state index < -0.39 is 5.97 Å². The van der Waals surface area contributed by atoms with Crippen molar-refractivity contribution in [3.8, 4) is 11.4 Å². The van der Waals surface area contributed by atoms with Gasteiger partial charge in [-0.1, -0.05) is 0 Å². The van der Waals surface area contributed by atoms with Crippen molar-refractivity contribution in [2.24, 2.45) is 0 Å². The van der Waals surface area contributed by atoms with Crippen molar-refractivity contribution < 1.29 is 14.6 Å². The summed E-state index contributed by atoms with van der Waals surface area (Å²) >= 11 is 6.68. The van der Waals surface area contributed by atoms with Crippen molar-refractivity contribution in [1.29, 1.82) is 0 Å². The summed E-state index contributed by atoms with van der Waals surface area (Å²) in [5, 5.41) is 9.00. The number of carboxylic acid groups (broad SMARTS) is 1. The Kier molecular flexibility index (Phi) is 4.29. The van der Waals surface area contributed by atoms with Gasteiger partial charge in [-0.25, -0.2) is 4.79 Å². The lowest BCUT2D eigenvalue weighted by Crippen LogP contribution is -2.18. The summed E-state index contributed by atoms with van der Waals surface area (Å²) in [7, 11) is 1.51. The Morgan fingerprint density at radius 2 is 1.95 bits per heavy atom. The number of methoxy groups -OCH3 is 1. The molecule has 2 aromatic rings. The summed E-state index contributed by atoms with van der Waals surface area (Å²) in [6, 6.07) is 5.85. The van der Waals surface area contributed by atoms with Gasteiger partial charge >= 0.3 is 5.97 Å². The van der Waals surface area contributed by atoms with Gasteiger partial charge in [-0.05, 0) is 44.0 Å². The van der Waals surface area contributed by atoms with Gasteiger partial charge in [-0.2, -0.15) is 0 Å². The first-order valence-corrected chi connectivity index (χ1v) is 7.02. The standard InChI is InChI=1S/C13H9Br2NO4/c1-20-11-5-10(8(14)4-9(11)15)16-6-7(13(18)19)2-3-12(16)17/h2-6H,1H3,(H,18,19). The summed E-state index contributed by atoms with van der Waals surface area (Å²) < 4.78 is 7.79. The number of ether oxygens (including phenoxy) is 1. The van der Waals surface area contributed by atoms with Crippen molar-refractivity contribution in [3.05, 3.63) is 55.3 Å². The molecule has 0 bridgehead atoms. The van der Waals surface area contributed by atoms with Gasteiger partial charge in [0.15, 0.2) is 0 Å². The molecular formula is C13H9Br2NO4. The Balaban J connectivity index is 2.70. The molecule has 104 valence electrons. The molecule has 1 N–H and O–H groups in total. The van der Waals surface area contributed by atoms with Gasteiger partial charge in [0.25, 0.3) is 5.56 Å². The number of carbonyl (C=O) groups is 1. The minimum Gasteiger partial charge on any atom is -0.495 e. The Labute approximate surface area is 131 Å². The molecule has 1 heterocycles. The van der Waals surface area contributed by atoms with E-state index in [1.54, 1.807) is 12.1 Å². The van der Waals surface area contributed by atoms with Crippen LogP contribution in [0.15, 0.2) is 44.2 Å². The minimum absolute atomic E-state index is 0.0263. The highest BCUT2D eigenvalue weighted by molar-refractivity contribution is 9.11. The van der Waals surface area contributed by atoms with Gasteiger partial charge in [0.2, 0.25) is 0 Å². The summed E-state index contributed by atoms with van der Waals surface area (Å²) in [5.74, 6) is -0.560. The van der Waals surface area contributed by atoms with Crippen LogP contribution in [0.1, 0.15) is 10.4 Å². The number of carboxylic acids is 1. The second-order valence-electron chi connectivity index (χ2n) is 3.87. The van der Waals surface area contributed by atoms with Crippen LogP contribution in [0.3, 0.4) is 0 Å². The fraction of sp³-hybridized carbons (Fsp3) is 0.0769. The first-order valence-electron chi connectivity index (χ1n) is 5.43. The maximum absolute atomic E-state index is 11.9. The SMILES string of the molecule is COc1cc(-n2cc(C(=O)O)ccc2=O)c(Br)cc1Br. The smallest absolute Gasteiger partial charge is 0.337 e. The second-order valence-corrected chi connectivity index (χ2v) is 5.58. The number of pyridine rings is 1. The van der Waals surface area contributed by atoms with E-state index in [2.05, 4.69) is 31.9 Å². The van der Waals surface area contributed by atoms with Crippen LogP contribution in [0.4, 0.5) is 0 Å². The van der Waals surface area contributed by atoms with Gasteiger partial charge in [-0.3, -0.25) is 9.36 Å². The van der Waals surface area contributed by atoms with Crippen molar-refractivity contribution in [2.75, 3.05) is 7.11 Å². The molecule has 1 aromatic carbocycles. The van der Waals surface area contributed by atoms with E-state index in [4.69, 9.17) is 9.84 Å². The molecule has 0 spiro atoms. The zero-order valence-electron chi connectivity index (χ0n) is 10.3. The topological polar surface area (TPSA) is 68.5 Å². The van der Waals surface area contributed by atoms with E-state index in [0.717, 1.165) is 4.47 Å². The summed E-state index contributed by atoms with van der Waals surface area (Å²) in [4.78, 5) is 22.9. The number of aromatic nitrogens is 1. The van der Waals surface area contributed by atoms with Crippen LogP contribution in [-0.4, -0.2) is 22.8 Å². The number of rotatable bonds is 3. The van der Waals surface area contributed by atoms with Crippen LogP contribution in [0.2, 0.25) is 0 Å². The molecule has 2 rings (SSSR count). The maximum atomic E-state index is 11.9. The zero-order valence-corrected chi connectivity index (χ0v) is 13.4. The Morgan fingerprint density at radius 3 is 2.55 bits per heavy atom. The molecule has 20 heavy (non-hydrogen) atoms. The van der Waals surface area contributed by atoms with Gasteiger partial charge in [-0.15, -0.1) is 0 Å². The molecule has 7 heteroatoms. The van der Waals surface area contributed by atoms with E-state index in [9.17, 15) is 9.59 Å². The third kappa shape index (κ3) is 2.78.